The molecule has 1 aromatic carbocycles. The maximum Gasteiger partial charge on any atom is 0.238 e. The summed E-state index contributed by atoms with van der Waals surface area (Å²) in [7, 11) is -3.63. The van der Waals surface area contributed by atoms with E-state index in [1.807, 2.05) is 0 Å². The van der Waals surface area contributed by atoms with Gasteiger partial charge in [0.2, 0.25) is 10.0 Å². The van der Waals surface area contributed by atoms with Crippen LogP contribution in [-0.4, -0.2) is 25.7 Å². The molecule has 2 rings (SSSR count). The molecule has 1 aliphatic carbocycles. The minimum atomic E-state index is -3.63. The van der Waals surface area contributed by atoms with Crippen LogP contribution < -0.4 is 10.5 Å². The molecule has 1 saturated carbocycles. The van der Waals surface area contributed by atoms with Crippen LogP contribution in [0.2, 0.25) is 0 Å². The Hall–Kier alpha value is -1.11. The number of anilines is 1. The molecule has 5 nitrogen and oxygen atoms in total. The fourth-order valence-corrected chi connectivity index (χ4v) is 2.02. The summed E-state index contributed by atoms with van der Waals surface area (Å²) >= 11 is 0. The molecule has 0 bridgehead atoms. The summed E-state index contributed by atoms with van der Waals surface area (Å²) in [6, 6.07) is 6.20. The SMILES string of the molecule is NS(=O)(=O)c1ccc(NC2(CO)CC2)cc1. The third kappa shape index (κ3) is 2.34. The highest BCUT2D eigenvalue weighted by molar-refractivity contribution is 7.89. The van der Waals surface area contributed by atoms with Crippen molar-refractivity contribution in [3.63, 3.8) is 0 Å². The molecule has 0 amide bonds. The first kappa shape index (κ1) is 11.4. The highest BCUT2D eigenvalue weighted by Gasteiger charge is 2.41. The second-order valence-corrected chi connectivity index (χ2v) is 5.69. The average molecular weight is 242 g/mol. The summed E-state index contributed by atoms with van der Waals surface area (Å²) in [5.74, 6) is 0. The number of aliphatic hydroxyl groups is 1. The summed E-state index contributed by atoms with van der Waals surface area (Å²) < 4.78 is 22.0. The van der Waals surface area contributed by atoms with Gasteiger partial charge in [0.25, 0.3) is 0 Å². The van der Waals surface area contributed by atoms with E-state index < -0.39 is 10.0 Å². The van der Waals surface area contributed by atoms with Gasteiger partial charge in [0.15, 0.2) is 0 Å². The summed E-state index contributed by atoms with van der Waals surface area (Å²) in [6.45, 7) is 0.0872. The first-order chi connectivity index (χ1) is 7.45. The van der Waals surface area contributed by atoms with Gasteiger partial charge in [-0.05, 0) is 37.1 Å². The molecule has 0 spiro atoms. The van der Waals surface area contributed by atoms with E-state index in [1.54, 1.807) is 12.1 Å². The molecule has 0 atom stereocenters. The molecule has 0 radical (unpaired) electrons. The Kier molecular flexibility index (Phi) is 2.65. The van der Waals surface area contributed by atoms with Gasteiger partial charge in [-0.2, -0.15) is 0 Å². The molecule has 16 heavy (non-hydrogen) atoms. The summed E-state index contributed by atoms with van der Waals surface area (Å²) in [5, 5.41) is 17.3. The zero-order valence-electron chi connectivity index (χ0n) is 8.68. The van der Waals surface area contributed by atoms with Crippen LogP contribution >= 0.6 is 0 Å². The lowest BCUT2D eigenvalue weighted by Crippen LogP contribution is -2.25. The van der Waals surface area contributed by atoms with Crippen molar-refractivity contribution in [1.82, 2.24) is 0 Å². The van der Waals surface area contributed by atoms with Gasteiger partial charge in [-0.1, -0.05) is 0 Å². The Bertz CT molecular complexity index is 477. The number of hydrogen-bond acceptors (Lipinski definition) is 4. The number of benzene rings is 1. The first-order valence-corrected chi connectivity index (χ1v) is 6.52. The van der Waals surface area contributed by atoms with Crippen molar-refractivity contribution in [2.45, 2.75) is 23.3 Å². The van der Waals surface area contributed by atoms with Crippen LogP contribution in [0.5, 0.6) is 0 Å². The Morgan fingerprint density at radius 1 is 1.31 bits per heavy atom. The van der Waals surface area contributed by atoms with E-state index in [0.717, 1.165) is 18.5 Å². The van der Waals surface area contributed by atoms with Crippen molar-refractivity contribution in [3.8, 4) is 0 Å². The lowest BCUT2D eigenvalue weighted by atomic mass is 10.2. The maximum absolute atomic E-state index is 11.0. The molecule has 0 aromatic heterocycles. The van der Waals surface area contributed by atoms with Gasteiger partial charge < -0.3 is 10.4 Å². The largest absolute Gasteiger partial charge is 0.394 e. The highest BCUT2D eigenvalue weighted by Crippen LogP contribution is 2.38. The van der Waals surface area contributed by atoms with E-state index in [4.69, 9.17) is 10.2 Å². The van der Waals surface area contributed by atoms with E-state index in [-0.39, 0.29) is 17.0 Å². The lowest BCUT2D eigenvalue weighted by Gasteiger charge is -2.15. The van der Waals surface area contributed by atoms with Crippen LogP contribution in [0.1, 0.15) is 12.8 Å². The van der Waals surface area contributed by atoms with Crippen LogP contribution in [-0.2, 0) is 10.0 Å². The van der Waals surface area contributed by atoms with E-state index in [9.17, 15) is 8.42 Å². The van der Waals surface area contributed by atoms with E-state index in [1.165, 1.54) is 12.1 Å². The van der Waals surface area contributed by atoms with Gasteiger partial charge in [0.1, 0.15) is 0 Å². The fourth-order valence-electron chi connectivity index (χ4n) is 1.51. The number of hydrogen-bond donors (Lipinski definition) is 3. The molecule has 4 N–H and O–H groups in total. The van der Waals surface area contributed by atoms with E-state index >= 15 is 0 Å². The molecule has 0 saturated heterocycles. The number of rotatable bonds is 4. The second kappa shape index (κ2) is 3.73. The lowest BCUT2D eigenvalue weighted by molar-refractivity contribution is 0.266. The fraction of sp³-hybridized carbons (Fsp3) is 0.400. The smallest absolute Gasteiger partial charge is 0.238 e. The summed E-state index contributed by atoms with van der Waals surface area (Å²) in [4.78, 5) is 0.0897. The Morgan fingerprint density at radius 3 is 2.25 bits per heavy atom. The summed E-state index contributed by atoms with van der Waals surface area (Å²) in [6.07, 6.45) is 1.86. The van der Waals surface area contributed by atoms with Gasteiger partial charge in [-0.25, -0.2) is 13.6 Å². The first-order valence-electron chi connectivity index (χ1n) is 4.97. The minimum Gasteiger partial charge on any atom is -0.394 e. The van der Waals surface area contributed by atoms with Crippen molar-refractivity contribution in [1.29, 1.82) is 0 Å². The number of aliphatic hydroxyl groups excluding tert-OH is 1. The standard InChI is InChI=1S/C10H14N2O3S/c11-16(14,15)9-3-1-8(2-4-9)12-10(7-13)5-6-10/h1-4,12-13H,5-7H2,(H2,11,14,15). The quantitative estimate of drug-likeness (QED) is 0.706. The van der Waals surface area contributed by atoms with Crippen molar-refractivity contribution in [3.05, 3.63) is 24.3 Å². The molecule has 0 unspecified atom stereocenters. The molecule has 0 heterocycles. The highest BCUT2D eigenvalue weighted by atomic mass is 32.2. The zero-order valence-corrected chi connectivity index (χ0v) is 9.50. The normalized spacial score (nSPS) is 18.1. The third-order valence-electron chi connectivity index (χ3n) is 2.75. The molecular weight excluding hydrogens is 228 g/mol. The van der Waals surface area contributed by atoms with Crippen molar-refractivity contribution < 1.29 is 13.5 Å². The van der Waals surface area contributed by atoms with E-state index in [0.29, 0.717) is 0 Å². The van der Waals surface area contributed by atoms with Crippen LogP contribution in [0.4, 0.5) is 5.69 Å². The van der Waals surface area contributed by atoms with E-state index in [2.05, 4.69) is 5.32 Å². The minimum absolute atomic E-state index is 0.0872. The number of nitrogens with two attached hydrogens (primary N) is 1. The van der Waals surface area contributed by atoms with Gasteiger partial charge in [-0.3, -0.25) is 0 Å². The van der Waals surface area contributed by atoms with Gasteiger partial charge in [0.05, 0.1) is 17.0 Å². The van der Waals surface area contributed by atoms with Crippen LogP contribution in [0, 0.1) is 0 Å². The predicted octanol–water partition coefficient (Wildman–Crippen LogP) is 0.271. The number of primary sulfonamides is 1. The predicted molar refractivity (Wildman–Crippen MR) is 60.5 cm³/mol. The summed E-state index contributed by atoms with van der Waals surface area (Å²) in [5.41, 5.74) is 0.585. The second-order valence-electron chi connectivity index (χ2n) is 4.13. The average Bonchev–Trinajstić information content (AvgIpc) is 2.98. The van der Waals surface area contributed by atoms with Crippen molar-refractivity contribution in [2.75, 3.05) is 11.9 Å². The van der Waals surface area contributed by atoms with Crippen LogP contribution in [0.25, 0.3) is 0 Å². The van der Waals surface area contributed by atoms with Gasteiger partial charge >= 0.3 is 0 Å². The molecule has 1 aromatic rings. The zero-order chi connectivity index (χ0) is 11.8. The molecule has 6 heteroatoms. The number of sulfonamides is 1. The Morgan fingerprint density at radius 2 is 1.88 bits per heavy atom. The monoisotopic (exact) mass is 242 g/mol. The number of nitrogens with one attached hydrogen (secondary N) is 1. The van der Waals surface area contributed by atoms with Gasteiger partial charge in [-0.15, -0.1) is 0 Å². The Balaban J connectivity index is 2.14. The third-order valence-corrected chi connectivity index (χ3v) is 3.68. The van der Waals surface area contributed by atoms with Crippen molar-refractivity contribution in [2.24, 2.45) is 5.14 Å². The molecule has 0 aliphatic heterocycles. The van der Waals surface area contributed by atoms with Crippen molar-refractivity contribution >= 4 is 15.7 Å². The Labute approximate surface area is 94.3 Å². The molecule has 1 fully saturated rings. The van der Waals surface area contributed by atoms with Crippen LogP contribution in [0.3, 0.4) is 0 Å². The molecular formula is C10H14N2O3S. The van der Waals surface area contributed by atoms with Gasteiger partial charge in [0, 0.05) is 5.69 Å². The van der Waals surface area contributed by atoms with Crippen LogP contribution in [0.15, 0.2) is 29.2 Å². The maximum atomic E-state index is 11.0. The molecule has 88 valence electrons. The topological polar surface area (TPSA) is 92.4 Å². The molecule has 1 aliphatic rings.